The highest BCUT2D eigenvalue weighted by atomic mass is 35.5. The second-order valence-corrected chi connectivity index (χ2v) is 13.0. The summed E-state index contributed by atoms with van der Waals surface area (Å²) in [7, 11) is 0. The molecule has 8 nitrogen and oxygen atoms in total. The molecule has 246 valence electrons. The van der Waals surface area contributed by atoms with Crippen LogP contribution in [0.15, 0.2) is 54.6 Å². The molecule has 0 saturated carbocycles. The van der Waals surface area contributed by atoms with Crippen LogP contribution in [0.25, 0.3) is 17.5 Å². The Balaban J connectivity index is 0.000000181. The number of hydrogen-bond acceptors (Lipinski definition) is 6. The molecule has 0 N–H and O–H groups in total. The summed E-state index contributed by atoms with van der Waals surface area (Å²) in [5.41, 5.74) is 6.05. The van der Waals surface area contributed by atoms with Gasteiger partial charge in [0.25, 0.3) is 0 Å². The molecule has 2 aliphatic heterocycles. The van der Waals surface area contributed by atoms with E-state index in [-0.39, 0.29) is 0 Å². The summed E-state index contributed by atoms with van der Waals surface area (Å²) in [6.07, 6.45) is 6.28. The van der Waals surface area contributed by atoms with E-state index in [1.165, 1.54) is 0 Å². The van der Waals surface area contributed by atoms with Crippen LogP contribution in [0.3, 0.4) is 0 Å². The zero-order chi connectivity index (χ0) is 32.5. The number of hydrogen-bond donors (Lipinski definition) is 0. The van der Waals surface area contributed by atoms with Crippen LogP contribution >= 0.6 is 46.4 Å². The highest BCUT2D eigenvalue weighted by Crippen LogP contribution is 2.26. The molecular weight excluding hydrogens is 666 g/mol. The molecule has 0 bridgehead atoms. The lowest BCUT2D eigenvalue weighted by atomic mass is 10.2. The first kappa shape index (κ1) is 34.9. The molecule has 4 aromatic rings. The van der Waals surface area contributed by atoms with Crippen molar-refractivity contribution in [3.05, 3.63) is 97.5 Å². The average Bonchev–Trinajstić information content (AvgIpc) is 3.62. The van der Waals surface area contributed by atoms with Crippen molar-refractivity contribution in [2.75, 3.05) is 65.7 Å². The van der Waals surface area contributed by atoms with Crippen molar-refractivity contribution < 1.29 is 9.47 Å². The molecule has 12 heteroatoms. The minimum Gasteiger partial charge on any atom is -0.379 e. The van der Waals surface area contributed by atoms with Crippen LogP contribution in [-0.4, -0.2) is 95.1 Å². The molecule has 2 fully saturated rings. The Labute approximate surface area is 291 Å². The minimum absolute atomic E-state index is 0.531. The number of rotatable bonds is 9. The van der Waals surface area contributed by atoms with Crippen LogP contribution < -0.4 is 0 Å². The first-order valence-corrected chi connectivity index (χ1v) is 17.1. The van der Waals surface area contributed by atoms with Gasteiger partial charge in [0.05, 0.1) is 69.3 Å². The van der Waals surface area contributed by atoms with Gasteiger partial charge in [0, 0.05) is 44.1 Å². The van der Waals surface area contributed by atoms with Gasteiger partial charge in [-0.15, -0.1) is 0 Å². The summed E-state index contributed by atoms with van der Waals surface area (Å²) in [5.74, 6) is 0. The van der Waals surface area contributed by atoms with Crippen molar-refractivity contribution in [3.63, 3.8) is 0 Å². The van der Waals surface area contributed by atoms with Gasteiger partial charge in [-0.25, -0.2) is 9.36 Å². The summed E-state index contributed by atoms with van der Waals surface area (Å²) < 4.78 is 14.5. The van der Waals surface area contributed by atoms with Crippen LogP contribution in [0.5, 0.6) is 0 Å². The molecule has 0 unspecified atom stereocenters. The average molecular weight is 707 g/mol. The highest BCUT2D eigenvalue weighted by Gasteiger charge is 2.12. The first-order valence-electron chi connectivity index (χ1n) is 15.6. The summed E-state index contributed by atoms with van der Waals surface area (Å²) in [6, 6.07) is 15.3. The number of aryl methyl sites for hydroxylation is 3. The largest absolute Gasteiger partial charge is 0.379 e. The molecule has 4 heterocycles. The van der Waals surface area contributed by atoms with Gasteiger partial charge in [-0.2, -0.15) is 10.2 Å². The lowest BCUT2D eigenvalue weighted by molar-refractivity contribution is 0.0374. The molecule has 0 radical (unpaired) electrons. The fourth-order valence-corrected chi connectivity index (χ4v) is 6.00. The van der Waals surface area contributed by atoms with E-state index in [0.29, 0.717) is 20.1 Å². The van der Waals surface area contributed by atoms with Crippen molar-refractivity contribution in [1.82, 2.24) is 29.4 Å². The van der Waals surface area contributed by atoms with E-state index in [1.54, 1.807) is 12.1 Å². The second-order valence-electron chi connectivity index (χ2n) is 11.4. The van der Waals surface area contributed by atoms with E-state index in [2.05, 4.69) is 46.1 Å². The summed E-state index contributed by atoms with van der Waals surface area (Å²) in [6.45, 7) is 13.5. The van der Waals surface area contributed by atoms with Crippen molar-refractivity contribution in [2.45, 2.75) is 26.7 Å². The molecule has 6 rings (SSSR count). The molecule has 2 aliphatic rings. The Bertz CT molecular complexity index is 1610. The summed E-state index contributed by atoms with van der Waals surface area (Å²) in [4.78, 5) is 4.81. The van der Waals surface area contributed by atoms with E-state index >= 15 is 0 Å². The van der Waals surface area contributed by atoms with Gasteiger partial charge in [0.2, 0.25) is 0 Å². The molecule has 2 aromatic carbocycles. The van der Waals surface area contributed by atoms with E-state index < -0.39 is 0 Å². The molecule has 0 aliphatic carbocycles. The van der Waals surface area contributed by atoms with Crippen LogP contribution in [0.1, 0.15) is 29.2 Å². The Morgan fingerprint density at radius 1 is 0.674 bits per heavy atom. The molecule has 46 heavy (non-hydrogen) atoms. The van der Waals surface area contributed by atoms with Gasteiger partial charge in [0.15, 0.2) is 0 Å². The van der Waals surface area contributed by atoms with Gasteiger partial charge in [-0.05, 0) is 87.8 Å². The summed E-state index contributed by atoms with van der Waals surface area (Å²) >= 11 is 24.1. The number of nitrogens with zero attached hydrogens (tertiary/aromatic N) is 6. The number of benzene rings is 2. The van der Waals surface area contributed by atoms with Crippen LogP contribution in [0.4, 0.5) is 0 Å². The second kappa shape index (κ2) is 17.1. The van der Waals surface area contributed by atoms with E-state index in [4.69, 9.17) is 61.0 Å². The SMILES string of the molecule is Cc1cc(C=CCN2CCOCC2)nn1-c1ccc(Cl)c(Cl)c1.Cc1cc(CCCN2CCOCC2)nn1-c1ccc(Cl)c(Cl)c1. The summed E-state index contributed by atoms with van der Waals surface area (Å²) in [5, 5.41) is 11.5. The molecule has 2 aromatic heterocycles. The monoisotopic (exact) mass is 704 g/mol. The Morgan fingerprint density at radius 3 is 1.80 bits per heavy atom. The third-order valence-electron chi connectivity index (χ3n) is 7.91. The van der Waals surface area contributed by atoms with E-state index in [1.807, 2.05) is 40.6 Å². The number of morpholine rings is 2. The third-order valence-corrected chi connectivity index (χ3v) is 9.38. The lowest BCUT2D eigenvalue weighted by Gasteiger charge is -2.26. The standard InChI is InChI=1S/C17H21Cl2N3O.C17H19Cl2N3O/c2*1-13-11-14(3-2-6-21-7-9-23-10-8-21)20-22(13)15-4-5-16(18)17(19)12-15/h4-5,11-12H,2-3,6-10H2,1H3;2-5,11-12H,6-10H2,1H3. The minimum atomic E-state index is 0.531. The molecule has 2 saturated heterocycles. The predicted molar refractivity (Wildman–Crippen MR) is 189 cm³/mol. The van der Waals surface area contributed by atoms with Crippen LogP contribution in [0, 0.1) is 13.8 Å². The molecular formula is C34H40Cl4N6O2. The van der Waals surface area contributed by atoms with Crippen molar-refractivity contribution in [1.29, 1.82) is 0 Å². The molecule has 0 amide bonds. The van der Waals surface area contributed by atoms with Gasteiger partial charge < -0.3 is 9.47 Å². The quantitative estimate of drug-likeness (QED) is 0.179. The first-order chi connectivity index (χ1) is 22.3. The number of aromatic nitrogens is 4. The zero-order valence-corrected chi connectivity index (χ0v) is 29.3. The predicted octanol–water partition coefficient (Wildman–Crippen LogP) is 7.59. The van der Waals surface area contributed by atoms with Crippen molar-refractivity contribution >= 4 is 52.5 Å². The maximum Gasteiger partial charge on any atom is 0.0855 e. The Morgan fingerprint density at radius 2 is 1.22 bits per heavy atom. The van der Waals surface area contributed by atoms with E-state index in [9.17, 15) is 0 Å². The van der Waals surface area contributed by atoms with Gasteiger partial charge in [0.1, 0.15) is 0 Å². The molecule has 0 atom stereocenters. The zero-order valence-electron chi connectivity index (χ0n) is 26.3. The van der Waals surface area contributed by atoms with Crippen molar-refractivity contribution in [3.8, 4) is 11.4 Å². The lowest BCUT2D eigenvalue weighted by Crippen LogP contribution is -2.36. The smallest absolute Gasteiger partial charge is 0.0855 e. The number of halogens is 4. The van der Waals surface area contributed by atoms with Gasteiger partial charge in [-0.1, -0.05) is 52.5 Å². The fraction of sp³-hybridized carbons (Fsp3) is 0.412. The highest BCUT2D eigenvalue weighted by molar-refractivity contribution is 6.42. The van der Waals surface area contributed by atoms with Gasteiger partial charge >= 0.3 is 0 Å². The fourth-order valence-electron chi connectivity index (χ4n) is 5.41. The number of ether oxygens (including phenoxy) is 2. The third kappa shape index (κ3) is 9.81. The van der Waals surface area contributed by atoms with Gasteiger partial charge in [-0.3, -0.25) is 9.80 Å². The Hall–Kier alpha value is -2.40. The molecule has 0 spiro atoms. The van der Waals surface area contributed by atoms with Crippen LogP contribution in [0.2, 0.25) is 20.1 Å². The maximum atomic E-state index is 6.10. The van der Waals surface area contributed by atoms with Crippen molar-refractivity contribution in [2.24, 2.45) is 0 Å². The topological polar surface area (TPSA) is 60.6 Å². The van der Waals surface area contributed by atoms with Crippen LogP contribution in [-0.2, 0) is 15.9 Å². The Kier molecular flexibility index (Phi) is 13.0. The maximum absolute atomic E-state index is 6.10. The normalized spacial score (nSPS) is 16.1. The van der Waals surface area contributed by atoms with E-state index in [0.717, 1.165) is 113 Å².